The molecule has 1 aromatic carbocycles. The second-order valence-electron chi connectivity index (χ2n) is 3.36. The highest BCUT2D eigenvalue weighted by atomic mass is 16.5. The van der Waals surface area contributed by atoms with E-state index in [1.807, 2.05) is 13.0 Å². The minimum Gasteiger partial charge on any atom is -0.506 e. The molecule has 1 unspecified atom stereocenters. The molecule has 3 N–H and O–H groups in total. The van der Waals surface area contributed by atoms with Crippen molar-refractivity contribution in [2.45, 2.75) is 12.8 Å². The highest BCUT2D eigenvalue weighted by Gasteiger charge is 2.14. The molecule has 1 rings (SSSR count). The Bertz CT molecular complexity index is 396. The Morgan fingerprint density at radius 3 is 2.73 bits per heavy atom. The van der Waals surface area contributed by atoms with E-state index in [0.29, 0.717) is 12.3 Å². The molecule has 0 radical (unpaired) electrons. The minimum atomic E-state index is -0.0673. The summed E-state index contributed by atoms with van der Waals surface area (Å²) in [6.45, 7) is 2.40. The molecule has 0 spiro atoms. The molecule has 0 bridgehead atoms. The van der Waals surface area contributed by atoms with Crippen LogP contribution >= 0.6 is 0 Å². The van der Waals surface area contributed by atoms with Crippen LogP contribution in [-0.4, -0.2) is 18.8 Å². The zero-order valence-corrected chi connectivity index (χ0v) is 8.82. The molecule has 0 amide bonds. The van der Waals surface area contributed by atoms with E-state index in [0.717, 1.165) is 5.56 Å². The van der Waals surface area contributed by atoms with Crippen molar-refractivity contribution in [2.24, 2.45) is 5.73 Å². The van der Waals surface area contributed by atoms with E-state index in [1.165, 1.54) is 13.2 Å². The summed E-state index contributed by atoms with van der Waals surface area (Å²) in [4.78, 5) is 0. The topological polar surface area (TPSA) is 79.3 Å². The Morgan fingerprint density at radius 1 is 1.60 bits per heavy atom. The number of rotatable bonds is 3. The van der Waals surface area contributed by atoms with Crippen LogP contribution in [0.15, 0.2) is 12.1 Å². The predicted octanol–water partition coefficient (Wildman–Crippen LogP) is 1.33. The normalized spacial score (nSPS) is 11.9. The van der Waals surface area contributed by atoms with Crippen LogP contribution in [0.4, 0.5) is 0 Å². The Balaban J connectivity index is 3.30. The lowest BCUT2D eigenvalue weighted by Gasteiger charge is -2.14. The van der Waals surface area contributed by atoms with Gasteiger partial charge in [0, 0.05) is 6.07 Å². The number of nitrogens with zero attached hydrogens (tertiary/aromatic N) is 1. The summed E-state index contributed by atoms with van der Waals surface area (Å²) in [6, 6.07) is 4.98. The maximum Gasteiger partial charge on any atom is 0.137 e. The Hall–Kier alpha value is -1.73. The van der Waals surface area contributed by atoms with Crippen molar-refractivity contribution in [3.05, 3.63) is 23.3 Å². The van der Waals surface area contributed by atoms with Crippen LogP contribution in [-0.2, 0) is 0 Å². The molecule has 1 atom stereocenters. The number of nitriles is 1. The molecule has 0 aliphatic rings. The first-order valence-electron chi connectivity index (χ1n) is 4.65. The third kappa shape index (κ3) is 2.20. The first-order chi connectivity index (χ1) is 7.13. The fraction of sp³-hybridized carbons (Fsp3) is 0.364. The van der Waals surface area contributed by atoms with Gasteiger partial charge >= 0.3 is 0 Å². The SMILES string of the molecule is COc1cc(O)c(C#N)cc1C(C)CN. The average Bonchev–Trinajstić information content (AvgIpc) is 2.27. The number of phenolic OH excluding ortho intramolecular Hbond substituents is 1. The van der Waals surface area contributed by atoms with Gasteiger partial charge in [0.15, 0.2) is 0 Å². The van der Waals surface area contributed by atoms with Gasteiger partial charge in [0.25, 0.3) is 0 Å². The summed E-state index contributed by atoms with van der Waals surface area (Å²) in [5, 5.41) is 18.2. The van der Waals surface area contributed by atoms with Gasteiger partial charge in [-0.15, -0.1) is 0 Å². The van der Waals surface area contributed by atoms with Gasteiger partial charge in [0.05, 0.1) is 12.7 Å². The molecule has 0 fully saturated rings. The van der Waals surface area contributed by atoms with Gasteiger partial charge in [-0.25, -0.2) is 0 Å². The predicted molar refractivity (Wildman–Crippen MR) is 56.8 cm³/mol. The molecule has 4 nitrogen and oxygen atoms in total. The van der Waals surface area contributed by atoms with E-state index >= 15 is 0 Å². The summed E-state index contributed by atoms with van der Waals surface area (Å²) in [5.74, 6) is 0.583. The number of benzene rings is 1. The summed E-state index contributed by atoms with van der Waals surface area (Å²) < 4.78 is 5.12. The molecule has 0 aromatic heterocycles. The summed E-state index contributed by atoms with van der Waals surface area (Å²) in [5.41, 5.74) is 6.64. The second-order valence-corrected chi connectivity index (χ2v) is 3.36. The zero-order chi connectivity index (χ0) is 11.4. The van der Waals surface area contributed by atoms with Crippen LogP contribution in [0.5, 0.6) is 11.5 Å². The molecule has 0 saturated heterocycles. The van der Waals surface area contributed by atoms with Crippen LogP contribution < -0.4 is 10.5 Å². The monoisotopic (exact) mass is 206 g/mol. The number of hydrogen-bond donors (Lipinski definition) is 2. The molecule has 0 aliphatic heterocycles. The van der Waals surface area contributed by atoms with Gasteiger partial charge in [-0.2, -0.15) is 5.26 Å². The molecule has 80 valence electrons. The number of hydrogen-bond acceptors (Lipinski definition) is 4. The minimum absolute atomic E-state index is 0.0673. The van der Waals surface area contributed by atoms with Crippen molar-refractivity contribution in [1.82, 2.24) is 0 Å². The lowest BCUT2D eigenvalue weighted by atomic mass is 9.97. The van der Waals surface area contributed by atoms with Crippen LogP contribution in [0.25, 0.3) is 0 Å². The van der Waals surface area contributed by atoms with E-state index in [4.69, 9.17) is 15.7 Å². The van der Waals surface area contributed by atoms with E-state index in [1.54, 1.807) is 6.07 Å². The van der Waals surface area contributed by atoms with E-state index in [9.17, 15) is 5.11 Å². The first-order valence-corrected chi connectivity index (χ1v) is 4.65. The molecule has 15 heavy (non-hydrogen) atoms. The van der Waals surface area contributed by atoms with E-state index < -0.39 is 0 Å². The van der Waals surface area contributed by atoms with Crippen molar-refractivity contribution in [3.8, 4) is 17.6 Å². The summed E-state index contributed by atoms with van der Waals surface area (Å²) in [6.07, 6.45) is 0. The third-order valence-corrected chi connectivity index (χ3v) is 2.35. The highest BCUT2D eigenvalue weighted by molar-refractivity contribution is 5.52. The number of phenols is 1. The smallest absolute Gasteiger partial charge is 0.137 e. The molecule has 1 aromatic rings. The standard InChI is InChI=1S/C11H14N2O2/c1-7(5-12)9-3-8(6-13)10(14)4-11(9)15-2/h3-4,7,14H,5,12H2,1-2H3. The number of nitrogens with two attached hydrogens (primary N) is 1. The summed E-state index contributed by atoms with van der Waals surface area (Å²) >= 11 is 0. The van der Waals surface area contributed by atoms with Crippen LogP contribution in [0.2, 0.25) is 0 Å². The number of aromatic hydroxyl groups is 1. The van der Waals surface area contributed by atoms with Crippen molar-refractivity contribution >= 4 is 0 Å². The van der Waals surface area contributed by atoms with E-state index in [2.05, 4.69) is 0 Å². The molecular weight excluding hydrogens is 192 g/mol. The van der Waals surface area contributed by atoms with Crippen molar-refractivity contribution in [3.63, 3.8) is 0 Å². The third-order valence-electron chi connectivity index (χ3n) is 2.35. The van der Waals surface area contributed by atoms with Crippen molar-refractivity contribution in [2.75, 3.05) is 13.7 Å². The molecule has 0 heterocycles. The van der Waals surface area contributed by atoms with E-state index in [-0.39, 0.29) is 17.2 Å². The Kier molecular flexibility index (Phi) is 3.53. The Labute approximate surface area is 88.9 Å². The van der Waals surface area contributed by atoms with Crippen molar-refractivity contribution < 1.29 is 9.84 Å². The first kappa shape index (κ1) is 11.3. The van der Waals surface area contributed by atoms with Crippen molar-refractivity contribution in [1.29, 1.82) is 5.26 Å². The molecule has 0 saturated carbocycles. The largest absolute Gasteiger partial charge is 0.506 e. The number of methoxy groups -OCH3 is 1. The van der Waals surface area contributed by atoms with Crippen LogP contribution in [0.3, 0.4) is 0 Å². The van der Waals surface area contributed by atoms with Gasteiger partial charge in [-0.05, 0) is 24.1 Å². The molecule has 4 heteroatoms. The highest BCUT2D eigenvalue weighted by Crippen LogP contribution is 2.32. The maximum absolute atomic E-state index is 9.47. The number of ether oxygens (including phenoxy) is 1. The quantitative estimate of drug-likeness (QED) is 0.782. The Morgan fingerprint density at radius 2 is 2.27 bits per heavy atom. The molecular formula is C11H14N2O2. The van der Waals surface area contributed by atoms with Gasteiger partial charge in [0.2, 0.25) is 0 Å². The lowest BCUT2D eigenvalue weighted by molar-refractivity contribution is 0.399. The fourth-order valence-corrected chi connectivity index (χ4v) is 1.36. The average molecular weight is 206 g/mol. The second kappa shape index (κ2) is 4.67. The van der Waals surface area contributed by atoms with Gasteiger partial charge in [-0.1, -0.05) is 6.92 Å². The van der Waals surface area contributed by atoms with Gasteiger partial charge in [-0.3, -0.25) is 0 Å². The summed E-state index contributed by atoms with van der Waals surface area (Å²) in [7, 11) is 1.52. The zero-order valence-electron chi connectivity index (χ0n) is 8.82. The van der Waals surface area contributed by atoms with Gasteiger partial charge < -0.3 is 15.6 Å². The van der Waals surface area contributed by atoms with Crippen LogP contribution in [0, 0.1) is 11.3 Å². The van der Waals surface area contributed by atoms with Gasteiger partial charge in [0.1, 0.15) is 17.6 Å². The maximum atomic E-state index is 9.47. The molecule has 0 aliphatic carbocycles. The van der Waals surface area contributed by atoms with Crippen LogP contribution in [0.1, 0.15) is 24.0 Å². The lowest BCUT2D eigenvalue weighted by Crippen LogP contribution is -2.10. The fourth-order valence-electron chi connectivity index (χ4n) is 1.36.